The van der Waals surface area contributed by atoms with E-state index < -0.39 is 11.9 Å². The molecule has 3 aromatic rings. The minimum Gasteiger partial charge on any atom is -0.386 e. The smallest absolute Gasteiger partial charge is 0.261 e. The molecule has 0 radical (unpaired) electrons. The van der Waals surface area contributed by atoms with Crippen LogP contribution in [0.25, 0.3) is 10.9 Å². The van der Waals surface area contributed by atoms with Crippen LogP contribution in [0.1, 0.15) is 17.5 Å². The van der Waals surface area contributed by atoms with Gasteiger partial charge in [0.15, 0.2) is 0 Å². The van der Waals surface area contributed by atoms with Gasteiger partial charge in [-0.25, -0.2) is 9.37 Å². The van der Waals surface area contributed by atoms with E-state index in [2.05, 4.69) is 9.88 Å². The van der Waals surface area contributed by atoms with Crippen LogP contribution >= 0.6 is 0 Å². The summed E-state index contributed by atoms with van der Waals surface area (Å²) in [6.45, 7) is 3.17. The highest BCUT2D eigenvalue weighted by molar-refractivity contribution is 5.77. The van der Waals surface area contributed by atoms with Crippen molar-refractivity contribution >= 4 is 10.9 Å². The number of nitrogens with zero attached hydrogens (tertiary/aromatic N) is 3. The zero-order chi connectivity index (χ0) is 19.5. The molecule has 7 heteroatoms. The SMILES string of the molecule is O=c1c2ccccc2nc(CN2CCOCC2)n1C[C@H](O)c1ccccc1F. The molecule has 1 aliphatic heterocycles. The molecule has 1 aromatic heterocycles. The van der Waals surface area contributed by atoms with Gasteiger partial charge in [0, 0.05) is 18.7 Å². The van der Waals surface area contributed by atoms with Gasteiger partial charge in [-0.3, -0.25) is 14.3 Å². The predicted molar refractivity (Wildman–Crippen MR) is 103 cm³/mol. The quantitative estimate of drug-likeness (QED) is 0.731. The second kappa shape index (κ2) is 8.18. The average Bonchev–Trinajstić information content (AvgIpc) is 2.72. The number of ether oxygens (including phenoxy) is 1. The summed E-state index contributed by atoms with van der Waals surface area (Å²) in [6.07, 6.45) is -1.15. The molecular weight excluding hydrogens is 361 g/mol. The molecular formula is C21H22FN3O3. The normalized spacial score (nSPS) is 16.4. The minimum absolute atomic E-state index is 0.0583. The van der Waals surface area contributed by atoms with Crippen LogP contribution in [0, 0.1) is 5.82 Å². The molecule has 1 atom stereocenters. The van der Waals surface area contributed by atoms with Crippen LogP contribution in [-0.2, 0) is 17.8 Å². The second-order valence-electron chi connectivity index (χ2n) is 6.89. The van der Waals surface area contributed by atoms with Crippen LogP contribution in [0.2, 0.25) is 0 Å². The maximum Gasteiger partial charge on any atom is 0.261 e. The van der Waals surface area contributed by atoms with Gasteiger partial charge >= 0.3 is 0 Å². The number of benzene rings is 2. The van der Waals surface area contributed by atoms with Crippen molar-refractivity contribution in [1.82, 2.24) is 14.5 Å². The summed E-state index contributed by atoms with van der Waals surface area (Å²) in [5.74, 6) is 0.0625. The molecule has 1 aliphatic rings. The summed E-state index contributed by atoms with van der Waals surface area (Å²) in [4.78, 5) is 20.0. The van der Waals surface area contributed by atoms with Crippen LogP contribution in [0.3, 0.4) is 0 Å². The van der Waals surface area contributed by atoms with Gasteiger partial charge in [-0.1, -0.05) is 30.3 Å². The molecule has 1 fully saturated rings. The van der Waals surface area contributed by atoms with Crippen molar-refractivity contribution in [3.05, 3.63) is 76.1 Å². The van der Waals surface area contributed by atoms with E-state index >= 15 is 0 Å². The third-order valence-electron chi connectivity index (χ3n) is 5.03. The zero-order valence-corrected chi connectivity index (χ0v) is 15.4. The highest BCUT2D eigenvalue weighted by Crippen LogP contribution is 2.19. The Morgan fingerprint density at radius 1 is 1.11 bits per heavy atom. The first-order chi connectivity index (χ1) is 13.6. The number of aliphatic hydroxyl groups excluding tert-OH is 1. The van der Waals surface area contributed by atoms with Gasteiger partial charge in [0.05, 0.1) is 43.3 Å². The Bertz CT molecular complexity index is 1030. The van der Waals surface area contributed by atoms with Gasteiger partial charge in [0.1, 0.15) is 11.6 Å². The first-order valence-corrected chi connectivity index (χ1v) is 9.34. The maximum absolute atomic E-state index is 14.1. The van der Waals surface area contributed by atoms with Gasteiger partial charge < -0.3 is 9.84 Å². The number of aromatic nitrogens is 2. The van der Waals surface area contributed by atoms with Crippen molar-refractivity contribution in [2.24, 2.45) is 0 Å². The summed E-state index contributed by atoms with van der Waals surface area (Å²) >= 11 is 0. The van der Waals surface area contributed by atoms with Crippen LogP contribution in [0.15, 0.2) is 53.3 Å². The number of halogens is 1. The Hall–Kier alpha value is -2.61. The number of fused-ring (bicyclic) bond motifs is 1. The molecule has 0 unspecified atom stereocenters. The number of hydrogen-bond acceptors (Lipinski definition) is 5. The molecule has 0 amide bonds. The Kier molecular flexibility index (Phi) is 5.47. The summed E-state index contributed by atoms with van der Waals surface area (Å²) < 4.78 is 20.9. The van der Waals surface area contributed by atoms with Crippen molar-refractivity contribution in [3.8, 4) is 0 Å². The van der Waals surface area contributed by atoms with Crippen LogP contribution < -0.4 is 5.56 Å². The lowest BCUT2D eigenvalue weighted by atomic mass is 10.1. The van der Waals surface area contributed by atoms with E-state index in [0.29, 0.717) is 36.5 Å². The van der Waals surface area contributed by atoms with Gasteiger partial charge in [-0.2, -0.15) is 0 Å². The summed E-state index contributed by atoms with van der Waals surface area (Å²) in [5, 5.41) is 11.1. The monoisotopic (exact) mass is 383 g/mol. The van der Waals surface area contributed by atoms with E-state index in [1.807, 2.05) is 6.07 Å². The summed E-state index contributed by atoms with van der Waals surface area (Å²) in [6, 6.07) is 13.2. The van der Waals surface area contributed by atoms with Crippen molar-refractivity contribution in [1.29, 1.82) is 0 Å². The molecule has 6 nitrogen and oxygen atoms in total. The van der Waals surface area contributed by atoms with E-state index in [9.17, 15) is 14.3 Å². The lowest BCUT2D eigenvalue weighted by Gasteiger charge is -2.27. The van der Waals surface area contributed by atoms with Gasteiger partial charge in [-0.15, -0.1) is 0 Å². The molecule has 1 saturated heterocycles. The number of aliphatic hydroxyl groups is 1. The standard InChI is InChI=1S/C21H22FN3O3/c22-17-7-3-1-5-15(17)19(26)13-25-20(14-24-9-11-28-12-10-24)23-18-8-4-2-6-16(18)21(25)27/h1-8,19,26H,9-14H2/t19-/m0/s1. The number of rotatable bonds is 5. The lowest BCUT2D eigenvalue weighted by Crippen LogP contribution is -2.38. The Morgan fingerprint density at radius 2 is 1.82 bits per heavy atom. The van der Waals surface area contributed by atoms with E-state index in [-0.39, 0.29) is 17.7 Å². The Morgan fingerprint density at radius 3 is 2.61 bits per heavy atom. The van der Waals surface area contributed by atoms with E-state index in [0.717, 1.165) is 13.1 Å². The van der Waals surface area contributed by atoms with Crippen LogP contribution in [0.5, 0.6) is 0 Å². The largest absolute Gasteiger partial charge is 0.386 e. The molecule has 1 N–H and O–H groups in total. The second-order valence-corrected chi connectivity index (χ2v) is 6.89. The van der Waals surface area contributed by atoms with Crippen molar-refractivity contribution in [3.63, 3.8) is 0 Å². The van der Waals surface area contributed by atoms with Crippen molar-refractivity contribution in [2.45, 2.75) is 19.2 Å². The van der Waals surface area contributed by atoms with Crippen LogP contribution in [-0.4, -0.2) is 45.9 Å². The lowest BCUT2D eigenvalue weighted by molar-refractivity contribution is 0.0319. The maximum atomic E-state index is 14.1. The topological polar surface area (TPSA) is 67.6 Å². The number of morpholine rings is 1. The summed E-state index contributed by atoms with van der Waals surface area (Å²) in [7, 11) is 0. The highest BCUT2D eigenvalue weighted by atomic mass is 19.1. The molecule has 2 aromatic carbocycles. The Labute approximate surface area is 161 Å². The van der Waals surface area contributed by atoms with Gasteiger partial charge in [-0.05, 0) is 18.2 Å². The zero-order valence-electron chi connectivity index (χ0n) is 15.4. The molecule has 0 spiro atoms. The van der Waals surface area contributed by atoms with E-state index in [1.54, 1.807) is 30.3 Å². The predicted octanol–water partition coefficient (Wildman–Crippen LogP) is 2.10. The minimum atomic E-state index is -1.15. The van der Waals surface area contributed by atoms with E-state index in [4.69, 9.17) is 4.74 Å². The number of para-hydroxylation sites is 1. The summed E-state index contributed by atoms with van der Waals surface area (Å²) in [5.41, 5.74) is 0.552. The fourth-order valence-corrected chi connectivity index (χ4v) is 3.50. The molecule has 0 bridgehead atoms. The third-order valence-corrected chi connectivity index (χ3v) is 5.03. The first kappa shape index (κ1) is 18.7. The van der Waals surface area contributed by atoms with Crippen LogP contribution in [0.4, 0.5) is 4.39 Å². The molecule has 28 heavy (non-hydrogen) atoms. The van der Waals surface area contributed by atoms with Gasteiger partial charge in [0.2, 0.25) is 0 Å². The Balaban J connectivity index is 1.74. The average molecular weight is 383 g/mol. The van der Waals surface area contributed by atoms with Crippen molar-refractivity contribution < 1.29 is 14.2 Å². The fourth-order valence-electron chi connectivity index (χ4n) is 3.50. The molecule has 4 rings (SSSR count). The molecule has 0 saturated carbocycles. The number of hydrogen-bond donors (Lipinski definition) is 1. The molecule has 2 heterocycles. The molecule has 146 valence electrons. The third kappa shape index (κ3) is 3.82. The molecule has 0 aliphatic carbocycles. The van der Waals surface area contributed by atoms with Crippen molar-refractivity contribution in [2.75, 3.05) is 26.3 Å². The highest BCUT2D eigenvalue weighted by Gasteiger charge is 2.20. The van der Waals surface area contributed by atoms with Gasteiger partial charge in [0.25, 0.3) is 5.56 Å². The fraction of sp³-hybridized carbons (Fsp3) is 0.333. The van der Waals surface area contributed by atoms with E-state index in [1.165, 1.54) is 16.7 Å². The first-order valence-electron chi connectivity index (χ1n) is 9.34.